The average Bonchev–Trinajstić information content (AvgIpc) is 1.85. The lowest BCUT2D eigenvalue weighted by Crippen LogP contribution is -1.70. The van der Waals surface area contributed by atoms with Gasteiger partial charge >= 0.3 is 0 Å². The standard InChI is InChI=1S/C7H4BrN/c8-7-3-1-2-6(4-7)5-9/h1-4H/i1D. The third kappa shape index (κ3) is 1.55. The first-order chi connectivity index (χ1) is 4.72. The molecule has 0 heterocycles. The van der Waals surface area contributed by atoms with E-state index in [1.54, 1.807) is 12.1 Å². The van der Waals surface area contributed by atoms with Crippen LogP contribution in [0.3, 0.4) is 0 Å². The monoisotopic (exact) mass is 182 g/mol. The van der Waals surface area contributed by atoms with Crippen LogP contribution in [0.4, 0.5) is 0 Å². The zero-order chi connectivity index (χ0) is 7.56. The zero-order valence-corrected chi connectivity index (χ0v) is 6.14. The van der Waals surface area contributed by atoms with Crippen LogP contribution < -0.4 is 0 Å². The van der Waals surface area contributed by atoms with Crippen molar-refractivity contribution < 1.29 is 1.37 Å². The van der Waals surface area contributed by atoms with Gasteiger partial charge in [0.1, 0.15) is 0 Å². The first-order valence-corrected chi connectivity index (χ1v) is 3.19. The van der Waals surface area contributed by atoms with Crippen molar-refractivity contribution in [2.45, 2.75) is 0 Å². The minimum Gasteiger partial charge on any atom is -0.192 e. The summed E-state index contributed by atoms with van der Waals surface area (Å²) in [6, 6.07) is 7.15. The Kier molecular flexibility index (Phi) is 1.48. The molecule has 0 spiro atoms. The van der Waals surface area contributed by atoms with E-state index in [1.807, 2.05) is 6.07 Å². The van der Waals surface area contributed by atoms with Crippen LogP contribution in [0.25, 0.3) is 0 Å². The van der Waals surface area contributed by atoms with Crippen molar-refractivity contribution in [3.8, 4) is 6.07 Å². The van der Waals surface area contributed by atoms with Gasteiger partial charge in [0, 0.05) is 4.47 Å². The molecule has 2 heteroatoms. The van der Waals surface area contributed by atoms with Crippen molar-refractivity contribution in [1.82, 2.24) is 0 Å². The largest absolute Gasteiger partial charge is 0.192 e. The molecule has 0 atom stereocenters. The van der Waals surface area contributed by atoms with E-state index < -0.39 is 0 Å². The summed E-state index contributed by atoms with van der Waals surface area (Å²) in [5, 5.41) is 8.43. The maximum absolute atomic E-state index is 8.43. The third-order valence-electron chi connectivity index (χ3n) is 0.883. The minimum absolute atomic E-state index is 0.353. The molecule has 0 amide bonds. The second-order valence-electron chi connectivity index (χ2n) is 1.55. The van der Waals surface area contributed by atoms with Gasteiger partial charge in [-0.15, -0.1) is 0 Å². The Bertz CT molecular complexity index is 270. The van der Waals surface area contributed by atoms with E-state index in [4.69, 9.17) is 6.63 Å². The van der Waals surface area contributed by atoms with Gasteiger partial charge in [0.25, 0.3) is 0 Å². The molecule has 0 aliphatic rings. The fourth-order valence-electron chi connectivity index (χ4n) is 0.507. The van der Waals surface area contributed by atoms with E-state index in [0.29, 0.717) is 11.6 Å². The molecule has 0 saturated heterocycles. The molecule has 0 radical (unpaired) electrons. The molecular formula is C7H4BrN. The Labute approximate surface area is 63.5 Å². The van der Waals surface area contributed by atoms with Gasteiger partial charge in [0.2, 0.25) is 0 Å². The summed E-state index contributed by atoms with van der Waals surface area (Å²) in [5.41, 5.74) is 0.513. The predicted molar refractivity (Wildman–Crippen MR) is 38.9 cm³/mol. The zero-order valence-electron chi connectivity index (χ0n) is 5.56. The van der Waals surface area contributed by atoms with Crippen molar-refractivity contribution in [3.63, 3.8) is 0 Å². The lowest BCUT2D eigenvalue weighted by Gasteiger charge is -1.86. The van der Waals surface area contributed by atoms with Gasteiger partial charge in [0.15, 0.2) is 0 Å². The summed E-state index contributed by atoms with van der Waals surface area (Å²) in [5.74, 6) is 0. The maximum Gasteiger partial charge on any atom is 0.0992 e. The summed E-state index contributed by atoms with van der Waals surface area (Å²) in [7, 11) is 0. The molecule has 0 aliphatic carbocycles. The maximum atomic E-state index is 8.43. The Hall–Kier alpha value is -0.810. The molecule has 0 N–H and O–H groups in total. The highest BCUT2D eigenvalue weighted by Crippen LogP contribution is 2.09. The van der Waals surface area contributed by atoms with Gasteiger partial charge in [-0.1, -0.05) is 22.0 Å². The van der Waals surface area contributed by atoms with E-state index in [9.17, 15) is 0 Å². The van der Waals surface area contributed by atoms with Gasteiger partial charge in [-0.25, -0.2) is 0 Å². The van der Waals surface area contributed by atoms with Crippen LogP contribution >= 0.6 is 15.9 Å². The van der Waals surface area contributed by atoms with E-state index >= 15 is 0 Å². The molecule has 0 saturated carbocycles. The summed E-state index contributed by atoms with van der Waals surface area (Å²) in [6.45, 7) is 0. The molecule has 1 aromatic carbocycles. The number of hydrogen-bond donors (Lipinski definition) is 0. The van der Waals surface area contributed by atoms with Gasteiger partial charge < -0.3 is 0 Å². The second-order valence-corrected chi connectivity index (χ2v) is 2.47. The number of nitriles is 1. The van der Waals surface area contributed by atoms with Crippen LogP contribution in [0, 0.1) is 11.3 Å². The normalized spacial score (nSPS) is 10.0. The van der Waals surface area contributed by atoms with Crippen molar-refractivity contribution in [3.05, 3.63) is 34.3 Å². The van der Waals surface area contributed by atoms with Gasteiger partial charge in [-0.05, 0) is 18.2 Å². The smallest absolute Gasteiger partial charge is 0.0992 e. The average molecular weight is 183 g/mol. The van der Waals surface area contributed by atoms with Crippen molar-refractivity contribution in [1.29, 1.82) is 5.26 Å². The highest BCUT2D eigenvalue weighted by molar-refractivity contribution is 9.10. The number of benzene rings is 1. The van der Waals surface area contributed by atoms with E-state index in [-0.39, 0.29) is 0 Å². The van der Waals surface area contributed by atoms with Crippen LogP contribution in [0.2, 0.25) is 0 Å². The Morgan fingerprint density at radius 1 is 1.67 bits per heavy atom. The van der Waals surface area contributed by atoms with Crippen LogP contribution in [-0.2, 0) is 0 Å². The molecule has 1 rings (SSSR count). The first kappa shape index (κ1) is 5.01. The van der Waals surface area contributed by atoms with E-state index in [1.165, 1.54) is 6.07 Å². The summed E-state index contributed by atoms with van der Waals surface area (Å²) < 4.78 is 7.97. The van der Waals surface area contributed by atoms with Crippen LogP contribution in [-0.4, -0.2) is 0 Å². The summed E-state index contributed by atoms with van der Waals surface area (Å²) in [4.78, 5) is 0. The van der Waals surface area contributed by atoms with Crippen molar-refractivity contribution in [2.24, 2.45) is 0 Å². The molecule has 0 fully saturated rings. The number of nitrogens with zero attached hydrogens (tertiary/aromatic N) is 1. The van der Waals surface area contributed by atoms with Crippen molar-refractivity contribution in [2.75, 3.05) is 0 Å². The molecule has 1 aromatic rings. The first-order valence-electron chi connectivity index (χ1n) is 2.89. The lowest BCUT2D eigenvalue weighted by molar-refractivity contribution is 1.48. The van der Waals surface area contributed by atoms with Crippen LogP contribution in [0.15, 0.2) is 28.7 Å². The Balaban J connectivity index is 3.22. The Morgan fingerprint density at radius 3 is 3.00 bits per heavy atom. The fraction of sp³-hybridized carbons (Fsp3) is 0. The number of halogens is 1. The minimum atomic E-state index is 0.353. The SMILES string of the molecule is [2H]c1cc(Br)cc(C#N)c1. The second kappa shape index (κ2) is 2.65. The van der Waals surface area contributed by atoms with Crippen LogP contribution in [0.5, 0.6) is 0 Å². The van der Waals surface area contributed by atoms with Crippen molar-refractivity contribution >= 4 is 15.9 Å². The molecule has 0 aromatic heterocycles. The molecule has 44 valence electrons. The number of rotatable bonds is 0. The predicted octanol–water partition coefficient (Wildman–Crippen LogP) is 2.32. The summed E-state index contributed by atoms with van der Waals surface area (Å²) in [6.07, 6.45) is 0. The molecule has 1 nitrogen and oxygen atoms in total. The van der Waals surface area contributed by atoms with E-state index in [0.717, 1.165) is 4.47 Å². The van der Waals surface area contributed by atoms with Crippen LogP contribution in [0.1, 0.15) is 6.93 Å². The van der Waals surface area contributed by atoms with Gasteiger partial charge in [0.05, 0.1) is 13.0 Å². The fourth-order valence-corrected chi connectivity index (χ4v) is 0.886. The lowest BCUT2D eigenvalue weighted by atomic mass is 10.2. The molecule has 0 bridgehead atoms. The molecule has 0 unspecified atom stereocenters. The quantitative estimate of drug-likeness (QED) is 0.605. The highest BCUT2D eigenvalue weighted by Gasteiger charge is 1.87. The highest BCUT2D eigenvalue weighted by atomic mass is 79.9. The third-order valence-corrected chi connectivity index (χ3v) is 1.34. The molecule has 9 heavy (non-hydrogen) atoms. The van der Waals surface area contributed by atoms with Gasteiger partial charge in [-0.2, -0.15) is 5.26 Å². The summed E-state index contributed by atoms with van der Waals surface area (Å²) >= 11 is 3.18. The van der Waals surface area contributed by atoms with Gasteiger partial charge in [-0.3, -0.25) is 0 Å². The molecule has 0 aliphatic heterocycles. The number of hydrogen-bond acceptors (Lipinski definition) is 1. The molecular weight excluding hydrogens is 178 g/mol. The topological polar surface area (TPSA) is 23.8 Å². The Morgan fingerprint density at radius 2 is 2.44 bits per heavy atom. The van der Waals surface area contributed by atoms with E-state index in [2.05, 4.69) is 15.9 Å².